The molecule has 0 bridgehead atoms. The van der Waals surface area contributed by atoms with Crippen LogP contribution in [0, 0.1) is 0 Å². The van der Waals surface area contributed by atoms with E-state index in [1.807, 2.05) is 58.2 Å². The Morgan fingerprint density at radius 3 is 1.71 bits per heavy atom. The summed E-state index contributed by atoms with van der Waals surface area (Å²) in [6.45, 7) is 0. The number of hydrogen-bond donors (Lipinski definition) is 0. The molecule has 0 aliphatic rings. The molecular formula is C12H11ClN4. The lowest BCUT2D eigenvalue weighted by Crippen LogP contribution is -1.98. The zero-order valence-electron chi connectivity index (χ0n) is 8.97. The Morgan fingerprint density at radius 2 is 1.29 bits per heavy atom. The van der Waals surface area contributed by atoms with E-state index in [-0.39, 0.29) is 12.4 Å². The maximum atomic E-state index is 4.20. The Labute approximate surface area is 105 Å². The summed E-state index contributed by atoms with van der Waals surface area (Å²) in [6, 6.07) is 11.9. The molecule has 0 N–H and O–H groups in total. The van der Waals surface area contributed by atoms with Crippen molar-refractivity contribution in [2.24, 2.45) is 0 Å². The van der Waals surface area contributed by atoms with E-state index in [4.69, 9.17) is 0 Å². The molecular weight excluding hydrogens is 236 g/mol. The number of aromatic nitrogens is 4. The van der Waals surface area contributed by atoms with Crippen molar-refractivity contribution in [3.63, 3.8) is 0 Å². The van der Waals surface area contributed by atoms with Gasteiger partial charge in [0.1, 0.15) is 0 Å². The molecule has 0 fully saturated rings. The second-order valence-electron chi connectivity index (χ2n) is 3.42. The molecule has 0 atom stereocenters. The van der Waals surface area contributed by atoms with Crippen molar-refractivity contribution in [3.05, 3.63) is 61.2 Å². The molecule has 3 aromatic rings. The van der Waals surface area contributed by atoms with Crippen LogP contribution in [0.2, 0.25) is 0 Å². The fourth-order valence-electron chi connectivity index (χ4n) is 1.62. The summed E-state index contributed by atoms with van der Waals surface area (Å²) in [5.41, 5.74) is 2.05. The molecule has 0 radical (unpaired) electrons. The molecule has 0 spiro atoms. The van der Waals surface area contributed by atoms with Crippen molar-refractivity contribution < 1.29 is 0 Å². The summed E-state index contributed by atoms with van der Waals surface area (Å²) < 4.78 is 3.65. The topological polar surface area (TPSA) is 35.6 Å². The van der Waals surface area contributed by atoms with Crippen LogP contribution < -0.4 is 0 Å². The van der Waals surface area contributed by atoms with Gasteiger partial charge < -0.3 is 0 Å². The van der Waals surface area contributed by atoms with E-state index in [1.54, 1.807) is 12.4 Å². The molecule has 17 heavy (non-hydrogen) atoms. The number of hydrogen-bond acceptors (Lipinski definition) is 2. The predicted octanol–water partition coefficient (Wildman–Crippen LogP) is 2.48. The summed E-state index contributed by atoms with van der Waals surface area (Å²) in [6.07, 6.45) is 7.37. The quantitative estimate of drug-likeness (QED) is 0.696. The third kappa shape index (κ3) is 2.21. The van der Waals surface area contributed by atoms with Gasteiger partial charge in [0.05, 0.1) is 11.4 Å². The van der Waals surface area contributed by atoms with Gasteiger partial charge in [-0.05, 0) is 30.3 Å². The fourth-order valence-corrected chi connectivity index (χ4v) is 1.62. The molecule has 86 valence electrons. The minimum Gasteiger partial charge on any atom is -0.241 e. The summed E-state index contributed by atoms with van der Waals surface area (Å²) in [5.74, 6) is 0. The average molecular weight is 247 g/mol. The minimum atomic E-state index is 0. The van der Waals surface area contributed by atoms with Crippen molar-refractivity contribution in [2.75, 3.05) is 0 Å². The molecule has 3 rings (SSSR count). The monoisotopic (exact) mass is 246 g/mol. The molecule has 0 saturated carbocycles. The van der Waals surface area contributed by atoms with Gasteiger partial charge in [-0.25, -0.2) is 9.36 Å². The van der Waals surface area contributed by atoms with Crippen molar-refractivity contribution >= 4 is 12.4 Å². The number of rotatable bonds is 2. The van der Waals surface area contributed by atoms with Crippen LogP contribution >= 0.6 is 12.4 Å². The Kier molecular flexibility index (Phi) is 3.25. The Balaban J connectivity index is 0.00000108. The first kappa shape index (κ1) is 11.4. The van der Waals surface area contributed by atoms with Crippen LogP contribution in [0.3, 0.4) is 0 Å². The standard InChI is InChI=1S/C12H10N4.ClH/c1-4-11(15-8-2-6-13-15)10-12(5-1)16-9-3-7-14-16;/h1-10H;1H. The van der Waals surface area contributed by atoms with E-state index >= 15 is 0 Å². The van der Waals surface area contributed by atoms with Gasteiger partial charge in [-0.3, -0.25) is 0 Å². The van der Waals surface area contributed by atoms with E-state index < -0.39 is 0 Å². The first-order valence-corrected chi connectivity index (χ1v) is 5.03. The van der Waals surface area contributed by atoms with Gasteiger partial charge in [0, 0.05) is 24.8 Å². The van der Waals surface area contributed by atoms with Crippen molar-refractivity contribution in [3.8, 4) is 11.4 Å². The van der Waals surface area contributed by atoms with E-state index in [2.05, 4.69) is 10.2 Å². The van der Waals surface area contributed by atoms with Gasteiger partial charge in [-0.15, -0.1) is 12.4 Å². The lowest BCUT2D eigenvalue weighted by Gasteiger charge is -2.05. The number of halogens is 1. The maximum Gasteiger partial charge on any atom is 0.0667 e. The van der Waals surface area contributed by atoms with E-state index in [0.717, 1.165) is 11.4 Å². The van der Waals surface area contributed by atoms with Gasteiger partial charge in [0.15, 0.2) is 0 Å². The summed E-state index contributed by atoms with van der Waals surface area (Å²) in [7, 11) is 0. The smallest absolute Gasteiger partial charge is 0.0667 e. The Hall–Kier alpha value is -2.07. The Bertz CT molecular complexity index is 523. The van der Waals surface area contributed by atoms with Crippen molar-refractivity contribution in [1.29, 1.82) is 0 Å². The second kappa shape index (κ2) is 4.84. The zero-order valence-corrected chi connectivity index (χ0v) is 9.79. The van der Waals surface area contributed by atoms with Gasteiger partial charge in [0.2, 0.25) is 0 Å². The first-order valence-electron chi connectivity index (χ1n) is 5.03. The zero-order chi connectivity index (χ0) is 10.8. The summed E-state index contributed by atoms with van der Waals surface area (Å²) >= 11 is 0. The summed E-state index contributed by atoms with van der Waals surface area (Å²) in [4.78, 5) is 0. The maximum absolute atomic E-state index is 4.20. The van der Waals surface area contributed by atoms with Crippen LogP contribution in [0.1, 0.15) is 0 Å². The van der Waals surface area contributed by atoms with Crippen LogP contribution in [0.4, 0.5) is 0 Å². The molecule has 1 aromatic carbocycles. The predicted molar refractivity (Wildman–Crippen MR) is 67.9 cm³/mol. The van der Waals surface area contributed by atoms with Crippen molar-refractivity contribution in [2.45, 2.75) is 0 Å². The van der Waals surface area contributed by atoms with Crippen LogP contribution in [0.5, 0.6) is 0 Å². The largest absolute Gasteiger partial charge is 0.241 e. The SMILES string of the molecule is Cl.c1cc(-n2cccn2)cc(-n2cccn2)c1. The van der Waals surface area contributed by atoms with Gasteiger partial charge >= 0.3 is 0 Å². The number of benzene rings is 1. The molecule has 0 unspecified atom stereocenters. The minimum absolute atomic E-state index is 0. The fraction of sp³-hybridized carbons (Fsp3) is 0. The highest BCUT2D eigenvalue weighted by molar-refractivity contribution is 5.85. The highest BCUT2D eigenvalue weighted by Gasteiger charge is 1.99. The number of nitrogens with zero attached hydrogens (tertiary/aromatic N) is 4. The Morgan fingerprint density at radius 1 is 0.765 bits per heavy atom. The molecule has 0 saturated heterocycles. The molecule has 2 heterocycles. The van der Waals surface area contributed by atoms with Crippen LogP contribution in [-0.4, -0.2) is 19.6 Å². The van der Waals surface area contributed by atoms with E-state index in [0.29, 0.717) is 0 Å². The van der Waals surface area contributed by atoms with Gasteiger partial charge in [-0.2, -0.15) is 10.2 Å². The van der Waals surface area contributed by atoms with Gasteiger partial charge in [-0.1, -0.05) is 6.07 Å². The van der Waals surface area contributed by atoms with E-state index in [1.165, 1.54) is 0 Å². The van der Waals surface area contributed by atoms with Crippen LogP contribution in [0.25, 0.3) is 11.4 Å². The average Bonchev–Trinajstić information content (AvgIpc) is 3.03. The second-order valence-corrected chi connectivity index (χ2v) is 3.42. The molecule has 0 aliphatic carbocycles. The highest BCUT2D eigenvalue weighted by atomic mass is 35.5. The van der Waals surface area contributed by atoms with Crippen molar-refractivity contribution in [1.82, 2.24) is 19.6 Å². The highest BCUT2D eigenvalue weighted by Crippen LogP contribution is 2.12. The molecule has 2 aromatic heterocycles. The van der Waals surface area contributed by atoms with Crippen LogP contribution in [0.15, 0.2) is 61.2 Å². The third-order valence-corrected chi connectivity index (χ3v) is 2.37. The van der Waals surface area contributed by atoms with E-state index in [9.17, 15) is 0 Å². The lowest BCUT2D eigenvalue weighted by molar-refractivity contribution is 0.856. The normalized spacial score (nSPS) is 9.88. The van der Waals surface area contributed by atoms with Crippen LogP contribution in [-0.2, 0) is 0 Å². The molecule has 5 heteroatoms. The van der Waals surface area contributed by atoms with Gasteiger partial charge in [0.25, 0.3) is 0 Å². The molecule has 0 aliphatic heterocycles. The first-order chi connectivity index (χ1) is 7.93. The molecule has 4 nitrogen and oxygen atoms in total. The third-order valence-electron chi connectivity index (χ3n) is 2.37. The summed E-state index contributed by atoms with van der Waals surface area (Å²) in [5, 5.41) is 8.39. The molecule has 0 amide bonds. The lowest BCUT2D eigenvalue weighted by atomic mass is 10.3.